The summed E-state index contributed by atoms with van der Waals surface area (Å²) in [6.45, 7) is 1.78. The SMILES string of the molecule is CN(CCC(O)c1cccc(Br)c1)Cc1cc(Br)cs1. The second-order valence-corrected chi connectivity index (χ2v) is 7.66. The van der Waals surface area contributed by atoms with Crippen LogP contribution < -0.4 is 0 Å². The Kier molecular flexibility index (Phi) is 6.23. The molecule has 0 aliphatic carbocycles. The van der Waals surface area contributed by atoms with Crippen LogP contribution in [0.1, 0.15) is 23.0 Å². The van der Waals surface area contributed by atoms with Crippen LogP contribution in [-0.4, -0.2) is 23.6 Å². The first kappa shape index (κ1) is 16.2. The molecule has 2 aromatic rings. The number of nitrogens with zero attached hydrogens (tertiary/aromatic N) is 1. The Bertz CT molecular complexity index is 558. The zero-order chi connectivity index (χ0) is 14.5. The van der Waals surface area contributed by atoms with E-state index in [0.29, 0.717) is 0 Å². The average Bonchev–Trinajstić information content (AvgIpc) is 2.81. The third-order valence-corrected chi connectivity index (χ3v) is 5.24. The maximum atomic E-state index is 10.2. The molecule has 2 nitrogen and oxygen atoms in total. The highest BCUT2D eigenvalue weighted by Gasteiger charge is 2.10. The molecule has 0 radical (unpaired) electrons. The molecule has 1 heterocycles. The number of halogens is 2. The number of benzene rings is 1. The third kappa shape index (κ3) is 4.97. The molecule has 0 spiro atoms. The summed E-state index contributed by atoms with van der Waals surface area (Å²) in [4.78, 5) is 3.57. The maximum Gasteiger partial charge on any atom is 0.0802 e. The Hall–Kier alpha value is -0.200. The van der Waals surface area contributed by atoms with Crippen LogP contribution in [-0.2, 0) is 6.54 Å². The first-order valence-corrected chi connectivity index (χ1v) is 8.86. The summed E-state index contributed by atoms with van der Waals surface area (Å²) in [5, 5.41) is 12.3. The van der Waals surface area contributed by atoms with Gasteiger partial charge in [0.15, 0.2) is 0 Å². The fourth-order valence-corrected chi connectivity index (χ4v) is 3.95. The summed E-state index contributed by atoms with van der Waals surface area (Å²) in [5.41, 5.74) is 0.964. The molecule has 5 heteroatoms. The molecule has 2 rings (SSSR count). The van der Waals surface area contributed by atoms with Crippen molar-refractivity contribution >= 4 is 43.2 Å². The molecule has 0 amide bonds. The van der Waals surface area contributed by atoms with Gasteiger partial charge in [0.1, 0.15) is 0 Å². The number of hydrogen-bond donors (Lipinski definition) is 1. The molecule has 0 saturated heterocycles. The van der Waals surface area contributed by atoms with E-state index in [1.807, 2.05) is 24.3 Å². The van der Waals surface area contributed by atoms with Gasteiger partial charge in [-0.2, -0.15) is 0 Å². The van der Waals surface area contributed by atoms with E-state index >= 15 is 0 Å². The lowest BCUT2D eigenvalue weighted by molar-refractivity contribution is 0.148. The van der Waals surface area contributed by atoms with E-state index in [1.54, 1.807) is 11.3 Å². The minimum absolute atomic E-state index is 0.412. The lowest BCUT2D eigenvalue weighted by atomic mass is 10.1. The van der Waals surface area contributed by atoms with Crippen molar-refractivity contribution in [1.29, 1.82) is 0 Å². The highest BCUT2D eigenvalue weighted by atomic mass is 79.9. The van der Waals surface area contributed by atoms with Gasteiger partial charge in [0.2, 0.25) is 0 Å². The molecule has 0 saturated carbocycles. The van der Waals surface area contributed by atoms with Crippen molar-refractivity contribution in [3.8, 4) is 0 Å². The van der Waals surface area contributed by atoms with Gasteiger partial charge in [0.25, 0.3) is 0 Å². The van der Waals surface area contributed by atoms with Gasteiger partial charge in [0.05, 0.1) is 6.10 Å². The van der Waals surface area contributed by atoms with Crippen molar-refractivity contribution in [3.05, 3.63) is 55.1 Å². The van der Waals surface area contributed by atoms with Crippen LogP contribution in [0.5, 0.6) is 0 Å². The minimum atomic E-state index is -0.412. The Morgan fingerprint density at radius 2 is 2.05 bits per heavy atom. The molecule has 20 heavy (non-hydrogen) atoms. The summed E-state index contributed by atoms with van der Waals surface area (Å²) in [6, 6.07) is 10.0. The van der Waals surface area contributed by atoms with Crippen molar-refractivity contribution in [2.75, 3.05) is 13.6 Å². The van der Waals surface area contributed by atoms with E-state index < -0.39 is 6.10 Å². The minimum Gasteiger partial charge on any atom is -0.388 e. The smallest absolute Gasteiger partial charge is 0.0802 e. The van der Waals surface area contributed by atoms with Gasteiger partial charge in [-0.05, 0) is 53.2 Å². The highest BCUT2D eigenvalue weighted by molar-refractivity contribution is 9.10. The van der Waals surface area contributed by atoms with Crippen molar-refractivity contribution in [2.24, 2.45) is 0 Å². The third-order valence-electron chi connectivity index (χ3n) is 3.07. The van der Waals surface area contributed by atoms with Gasteiger partial charge < -0.3 is 10.0 Å². The first-order chi connectivity index (χ1) is 9.54. The normalized spacial score (nSPS) is 12.8. The molecule has 0 fully saturated rings. The zero-order valence-corrected chi connectivity index (χ0v) is 15.2. The predicted molar refractivity (Wildman–Crippen MR) is 92.1 cm³/mol. The fraction of sp³-hybridized carbons (Fsp3) is 0.333. The van der Waals surface area contributed by atoms with Crippen LogP contribution in [0, 0.1) is 0 Å². The number of thiophene rings is 1. The molecule has 0 aliphatic heterocycles. The van der Waals surface area contributed by atoms with Crippen LogP contribution in [0.15, 0.2) is 44.7 Å². The largest absolute Gasteiger partial charge is 0.388 e. The van der Waals surface area contributed by atoms with Crippen LogP contribution in [0.4, 0.5) is 0 Å². The van der Waals surface area contributed by atoms with Crippen LogP contribution in [0.3, 0.4) is 0 Å². The Morgan fingerprint density at radius 3 is 2.70 bits per heavy atom. The molecular formula is C15H17Br2NOS. The van der Waals surface area contributed by atoms with E-state index in [-0.39, 0.29) is 0 Å². The number of hydrogen-bond acceptors (Lipinski definition) is 3. The molecule has 1 atom stereocenters. The molecule has 108 valence electrons. The van der Waals surface area contributed by atoms with Crippen LogP contribution in [0.25, 0.3) is 0 Å². The summed E-state index contributed by atoms with van der Waals surface area (Å²) in [5.74, 6) is 0. The van der Waals surface area contributed by atoms with Crippen molar-refractivity contribution < 1.29 is 5.11 Å². The van der Waals surface area contributed by atoms with E-state index in [1.165, 1.54) is 4.88 Å². The summed E-state index contributed by atoms with van der Waals surface area (Å²) >= 11 is 8.65. The first-order valence-electron chi connectivity index (χ1n) is 6.39. The molecule has 0 bridgehead atoms. The quantitative estimate of drug-likeness (QED) is 0.726. The standard InChI is InChI=1S/C15H17Br2NOS/c1-18(9-14-8-13(17)10-20-14)6-5-15(19)11-3-2-4-12(16)7-11/h2-4,7-8,10,15,19H,5-6,9H2,1H3. The molecule has 1 aromatic heterocycles. The molecule has 0 aliphatic rings. The predicted octanol–water partition coefficient (Wildman–Crippen LogP) is 4.83. The number of aliphatic hydroxyl groups is 1. The van der Waals surface area contributed by atoms with E-state index in [9.17, 15) is 5.11 Å². The average molecular weight is 419 g/mol. The monoisotopic (exact) mass is 417 g/mol. The zero-order valence-electron chi connectivity index (χ0n) is 11.2. The molecule has 1 aromatic carbocycles. The van der Waals surface area contributed by atoms with Crippen LogP contribution in [0.2, 0.25) is 0 Å². The summed E-state index contributed by atoms with van der Waals surface area (Å²) in [7, 11) is 2.08. The maximum absolute atomic E-state index is 10.2. The fourth-order valence-electron chi connectivity index (χ4n) is 2.01. The molecule has 1 N–H and O–H groups in total. The van der Waals surface area contributed by atoms with Crippen LogP contribution >= 0.6 is 43.2 Å². The lowest BCUT2D eigenvalue weighted by Crippen LogP contribution is -2.20. The van der Waals surface area contributed by atoms with Gasteiger partial charge in [-0.3, -0.25) is 0 Å². The molecular weight excluding hydrogens is 402 g/mol. The Labute approximate surface area is 140 Å². The van der Waals surface area contributed by atoms with E-state index in [0.717, 1.165) is 34.0 Å². The van der Waals surface area contributed by atoms with Crippen molar-refractivity contribution in [2.45, 2.75) is 19.1 Å². The second-order valence-electron chi connectivity index (χ2n) is 4.83. The van der Waals surface area contributed by atoms with Gasteiger partial charge >= 0.3 is 0 Å². The highest BCUT2D eigenvalue weighted by Crippen LogP contribution is 2.23. The molecule has 1 unspecified atom stereocenters. The Morgan fingerprint density at radius 1 is 1.25 bits per heavy atom. The van der Waals surface area contributed by atoms with Crippen molar-refractivity contribution in [1.82, 2.24) is 4.90 Å². The summed E-state index contributed by atoms with van der Waals surface area (Å²) in [6.07, 6.45) is 0.324. The second kappa shape index (κ2) is 7.71. The van der Waals surface area contributed by atoms with Gasteiger partial charge in [-0.15, -0.1) is 11.3 Å². The van der Waals surface area contributed by atoms with Gasteiger partial charge in [0, 0.05) is 32.3 Å². The topological polar surface area (TPSA) is 23.5 Å². The van der Waals surface area contributed by atoms with E-state index in [2.05, 4.69) is 55.3 Å². The summed E-state index contributed by atoms with van der Waals surface area (Å²) < 4.78 is 2.14. The Balaban J connectivity index is 1.82. The van der Waals surface area contributed by atoms with E-state index in [4.69, 9.17) is 0 Å². The number of rotatable bonds is 6. The van der Waals surface area contributed by atoms with Gasteiger partial charge in [-0.25, -0.2) is 0 Å². The lowest BCUT2D eigenvalue weighted by Gasteiger charge is -2.18. The van der Waals surface area contributed by atoms with Gasteiger partial charge in [-0.1, -0.05) is 28.1 Å². The number of aliphatic hydroxyl groups excluding tert-OH is 1. The van der Waals surface area contributed by atoms with Crippen molar-refractivity contribution in [3.63, 3.8) is 0 Å².